The van der Waals surface area contributed by atoms with Crippen LogP contribution in [0.15, 0.2) is 48.5 Å². The molecule has 24 heavy (non-hydrogen) atoms. The van der Waals surface area contributed by atoms with Gasteiger partial charge in [-0.25, -0.2) is 9.37 Å². The number of carbonyl (C=O) groups is 1. The average molecular weight is 327 g/mol. The fourth-order valence-corrected chi connectivity index (χ4v) is 2.54. The molecule has 0 saturated carbocycles. The fourth-order valence-electron chi connectivity index (χ4n) is 2.54. The molecule has 124 valence electrons. The van der Waals surface area contributed by atoms with Crippen molar-refractivity contribution in [2.75, 3.05) is 13.2 Å². The second-order valence-electron chi connectivity index (χ2n) is 5.40. The summed E-state index contributed by atoms with van der Waals surface area (Å²) in [5.74, 6) is 0.597. The Morgan fingerprint density at radius 1 is 1.25 bits per heavy atom. The highest BCUT2D eigenvalue weighted by Crippen LogP contribution is 2.15. The van der Waals surface area contributed by atoms with Crippen LogP contribution in [0.5, 0.6) is 5.75 Å². The molecule has 0 fully saturated rings. The van der Waals surface area contributed by atoms with E-state index in [1.807, 2.05) is 31.2 Å². The Labute approximate surface area is 139 Å². The average Bonchev–Trinajstić information content (AvgIpc) is 2.89. The number of rotatable bonds is 6. The smallest absolute Gasteiger partial charge is 0.258 e. The van der Waals surface area contributed by atoms with E-state index in [9.17, 15) is 9.18 Å². The van der Waals surface area contributed by atoms with Crippen LogP contribution in [0.3, 0.4) is 0 Å². The minimum atomic E-state index is -0.393. The Kier molecular flexibility index (Phi) is 4.74. The molecule has 1 heterocycles. The first-order valence-electron chi connectivity index (χ1n) is 7.70. The standard InChI is InChI=1S/C18H18FN3O2/c1-13-21-16-7-2-3-8-17(16)22(13)10-9-20-18(23)12-24-15-6-4-5-14(19)11-15/h2-8,11H,9-10,12H2,1H3,(H,20,23). The highest BCUT2D eigenvalue weighted by Gasteiger charge is 2.07. The maximum atomic E-state index is 13.0. The molecule has 0 aliphatic heterocycles. The van der Waals surface area contributed by atoms with Gasteiger partial charge in [0.1, 0.15) is 17.4 Å². The van der Waals surface area contributed by atoms with E-state index in [1.165, 1.54) is 18.2 Å². The number of hydrogen-bond donors (Lipinski definition) is 1. The van der Waals surface area contributed by atoms with E-state index in [1.54, 1.807) is 6.07 Å². The van der Waals surface area contributed by atoms with Gasteiger partial charge in [0.2, 0.25) is 0 Å². The van der Waals surface area contributed by atoms with Crippen molar-refractivity contribution >= 4 is 16.9 Å². The largest absolute Gasteiger partial charge is 0.484 e. The molecule has 6 heteroatoms. The number of fused-ring (bicyclic) bond motifs is 1. The van der Waals surface area contributed by atoms with Gasteiger partial charge in [0.15, 0.2) is 6.61 Å². The number of aromatic nitrogens is 2. The molecule has 1 amide bonds. The van der Waals surface area contributed by atoms with Gasteiger partial charge in [-0.15, -0.1) is 0 Å². The first-order chi connectivity index (χ1) is 11.6. The van der Waals surface area contributed by atoms with E-state index in [4.69, 9.17) is 4.74 Å². The van der Waals surface area contributed by atoms with Gasteiger partial charge in [-0.3, -0.25) is 4.79 Å². The van der Waals surface area contributed by atoms with Gasteiger partial charge < -0.3 is 14.6 Å². The maximum Gasteiger partial charge on any atom is 0.258 e. The SMILES string of the molecule is Cc1nc2ccccc2n1CCNC(=O)COc1cccc(F)c1. The van der Waals surface area contributed by atoms with Gasteiger partial charge in [-0.05, 0) is 31.2 Å². The van der Waals surface area contributed by atoms with Crippen molar-refractivity contribution in [1.82, 2.24) is 14.9 Å². The van der Waals surface area contributed by atoms with Gasteiger partial charge >= 0.3 is 0 Å². The summed E-state index contributed by atoms with van der Waals surface area (Å²) in [6, 6.07) is 13.6. The molecule has 0 spiro atoms. The van der Waals surface area contributed by atoms with Crippen molar-refractivity contribution in [3.05, 3.63) is 60.2 Å². The highest BCUT2D eigenvalue weighted by atomic mass is 19.1. The number of amides is 1. The summed E-state index contributed by atoms with van der Waals surface area (Å²) in [4.78, 5) is 16.3. The molecular weight excluding hydrogens is 309 g/mol. The molecular formula is C18H18FN3O2. The lowest BCUT2D eigenvalue weighted by molar-refractivity contribution is -0.123. The number of benzene rings is 2. The predicted molar refractivity (Wildman–Crippen MR) is 89.4 cm³/mol. The number of carbonyl (C=O) groups excluding carboxylic acids is 1. The number of nitrogens with zero attached hydrogens (tertiary/aromatic N) is 2. The van der Waals surface area contributed by atoms with E-state index in [0.29, 0.717) is 18.8 Å². The molecule has 0 atom stereocenters. The molecule has 0 aliphatic rings. The van der Waals surface area contributed by atoms with E-state index in [0.717, 1.165) is 16.9 Å². The van der Waals surface area contributed by atoms with Crippen molar-refractivity contribution in [3.8, 4) is 5.75 Å². The van der Waals surface area contributed by atoms with E-state index >= 15 is 0 Å². The Morgan fingerprint density at radius 3 is 2.92 bits per heavy atom. The van der Waals surface area contributed by atoms with Crippen LogP contribution >= 0.6 is 0 Å². The predicted octanol–water partition coefficient (Wildman–Crippen LogP) is 2.68. The zero-order valence-electron chi connectivity index (χ0n) is 13.3. The normalized spacial score (nSPS) is 10.8. The van der Waals surface area contributed by atoms with Crippen LogP contribution in [-0.2, 0) is 11.3 Å². The first-order valence-corrected chi connectivity index (χ1v) is 7.70. The van der Waals surface area contributed by atoms with Gasteiger partial charge in [-0.2, -0.15) is 0 Å². The summed E-state index contributed by atoms with van der Waals surface area (Å²) in [6.45, 7) is 2.88. The highest BCUT2D eigenvalue weighted by molar-refractivity contribution is 5.77. The number of para-hydroxylation sites is 2. The first kappa shape index (κ1) is 16.0. The molecule has 3 aromatic rings. The monoisotopic (exact) mass is 327 g/mol. The molecule has 1 N–H and O–H groups in total. The second-order valence-corrected chi connectivity index (χ2v) is 5.40. The minimum Gasteiger partial charge on any atom is -0.484 e. The van der Waals surface area contributed by atoms with Crippen LogP contribution in [0.1, 0.15) is 5.82 Å². The van der Waals surface area contributed by atoms with Gasteiger partial charge in [0, 0.05) is 19.2 Å². The third-order valence-corrected chi connectivity index (χ3v) is 3.67. The van der Waals surface area contributed by atoms with Crippen LogP contribution < -0.4 is 10.1 Å². The summed E-state index contributed by atoms with van der Waals surface area (Å²) in [5.41, 5.74) is 1.98. The summed E-state index contributed by atoms with van der Waals surface area (Å²) < 4.78 is 20.3. The maximum absolute atomic E-state index is 13.0. The third kappa shape index (κ3) is 3.71. The summed E-state index contributed by atoms with van der Waals surface area (Å²) in [7, 11) is 0. The number of nitrogens with one attached hydrogen (secondary N) is 1. The van der Waals surface area contributed by atoms with Crippen molar-refractivity contribution in [2.24, 2.45) is 0 Å². The van der Waals surface area contributed by atoms with E-state index in [-0.39, 0.29) is 12.5 Å². The van der Waals surface area contributed by atoms with Crippen molar-refractivity contribution < 1.29 is 13.9 Å². The van der Waals surface area contributed by atoms with E-state index in [2.05, 4.69) is 14.9 Å². The summed E-state index contributed by atoms with van der Waals surface area (Å²) >= 11 is 0. The summed E-state index contributed by atoms with van der Waals surface area (Å²) in [5, 5.41) is 2.79. The van der Waals surface area contributed by atoms with Crippen molar-refractivity contribution in [2.45, 2.75) is 13.5 Å². The van der Waals surface area contributed by atoms with Crippen molar-refractivity contribution in [3.63, 3.8) is 0 Å². The lowest BCUT2D eigenvalue weighted by Gasteiger charge is -2.09. The molecule has 3 rings (SSSR count). The van der Waals surface area contributed by atoms with Gasteiger partial charge in [0.05, 0.1) is 11.0 Å². The molecule has 0 bridgehead atoms. The summed E-state index contributed by atoms with van der Waals surface area (Å²) in [6.07, 6.45) is 0. The Hall–Kier alpha value is -2.89. The third-order valence-electron chi connectivity index (χ3n) is 3.67. The number of halogens is 1. The molecule has 0 radical (unpaired) electrons. The van der Waals surface area contributed by atoms with Gasteiger partial charge in [-0.1, -0.05) is 18.2 Å². The molecule has 0 saturated heterocycles. The molecule has 0 aliphatic carbocycles. The molecule has 1 aromatic heterocycles. The topological polar surface area (TPSA) is 56.2 Å². The number of ether oxygens (including phenoxy) is 1. The number of hydrogen-bond acceptors (Lipinski definition) is 3. The fraction of sp³-hybridized carbons (Fsp3) is 0.222. The Morgan fingerprint density at radius 2 is 2.08 bits per heavy atom. The van der Waals surface area contributed by atoms with Crippen LogP contribution in [0, 0.1) is 12.7 Å². The Balaban J connectivity index is 1.50. The lowest BCUT2D eigenvalue weighted by Crippen LogP contribution is -2.31. The molecule has 5 nitrogen and oxygen atoms in total. The minimum absolute atomic E-state index is 0.146. The van der Waals surface area contributed by atoms with Crippen molar-refractivity contribution in [1.29, 1.82) is 0 Å². The second kappa shape index (κ2) is 7.12. The van der Waals surface area contributed by atoms with Crippen LogP contribution in [0.2, 0.25) is 0 Å². The van der Waals surface area contributed by atoms with E-state index < -0.39 is 5.82 Å². The molecule has 0 unspecified atom stereocenters. The van der Waals surface area contributed by atoms with Crippen LogP contribution in [0.25, 0.3) is 11.0 Å². The zero-order chi connectivity index (χ0) is 16.9. The molecule has 2 aromatic carbocycles. The van der Waals surface area contributed by atoms with Gasteiger partial charge in [0.25, 0.3) is 5.91 Å². The quantitative estimate of drug-likeness (QED) is 0.757. The zero-order valence-corrected chi connectivity index (χ0v) is 13.3. The lowest BCUT2D eigenvalue weighted by atomic mass is 10.3. The number of imidazole rings is 1. The number of aryl methyl sites for hydroxylation is 1. The van der Waals surface area contributed by atoms with Crippen LogP contribution in [0.4, 0.5) is 4.39 Å². The Bertz CT molecular complexity index is 860. The van der Waals surface area contributed by atoms with Crippen LogP contribution in [-0.4, -0.2) is 28.6 Å².